The zero-order chi connectivity index (χ0) is 37.1. The van der Waals surface area contributed by atoms with E-state index in [0.717, 1.165) is 27.4 Å². The molecule has 3 amide bonds. The number of carbonyl (C=O) groups is 4. The quantitative estimate of drug-likeness (QED) is 0.116. The van der Waals surface area contributed by atoms with E-state index >= 15 is 0 Å². The largest absolute Gasteiger partial charge is 0.480 e. The Hall–Kier alpha value is -4.95. The monoisotopic (exact) mass is 706 g/mol. The number of ether oxygens (including phenoxy) is 3. The number of methoxy groups -OCH3 is 1. The number of carbonyl (C=O) groups excluding carboxylic acids is 3. The van der Waals surface area contributed by atoms with Gasteiger partial charge in [-0.3, -0.25) is 14.4 Å². The molecule has 0 spiro atoms. The van der Waals surface area contributed by atoms with Gasteiger partial charge in [0.25, 0.3) is 11.8 Å². The number of aliphatic carboxylic acids is 1. The number of imidazole rings is 1. The van der Waals surface area contributed by atoms with Crippen LogP contribution in [0.5, 0.6) is 5.75 Å². The standard InChI is InChI=1S/C37H50N6O8/c1-25-20-28(50-24-49-6)21-26(2)30(25)22-31(39-36(48)51-37(3,4)5)34(45)40-43(32(44)14-10-11-17-41-19-16-38-23-41)42-18-15-29(33(42)35(46)47)27-12-8-7-9-13-27/h7-9,12-13,16,19-21,23,29,31,33H,10-11,14-15,17-18,22,24H2,1-6H3,(H,39,48)(H,40,45)(H,46,47)/t29?,31-,33?/m1/s1. The van der Waals surface area contributed by atoms with Crippen LogP contribution < -0.4 is 15.5 Å². The molecule has 0 bridgehead atoms. The Bertz CT molecular complexity index is 1600. The summed E-state index contributed by atoms with van der Waals surface area (Å²) in [6, 6.07) is 10.6. The summed E-state index contributed by atoms with van der Waals surface area (Å²) in [4.78, 5) is 58.2. The lowest BCUT2D eigenvalue weighted by molar-refractivity contribution is -0.174. The number of hydrogen-bond acceptors (Lipinski definition) is 9. The maximum Gasteiger partial charge on any atom is 0.408 e. The highest BCUT2D eigenvalue weighted by atomic mass is 16.7. The van der Waals surface area contributed by atoms with Gasteiger partial charge in [-0.1, -0.05) is 30.3 Å². The topological polar surface area (TPSA) is 165 Å². The van der Waals surface area contributed by atoms with Crippen molar-refractivity contribution in [3.8, 4) is 5.75 Å². The van der Waals surface area contributed by atoms with E-state index in [2.05, 4.69) is 15.7 Å². The third-order valence-corrected chi connectivity index (χ3v) is 8.61. The number of nitrogens with zero attached hydrogens (tertiary/aromatic N) is 4. The van der Waals surface area contributed by atoms with Gasteiger partial charge in [0, 0.05) is 51.4 Å². The number of carboxylic acids is 1. The summed E-state index contributed by atoms with van der Waals surface area (Å²) in [5, 5.41) is 15.6. The van der Waals surface area contributed by atoms with E-state index < -0.39 is 47.5 Å². The summed E-state index contributed by atoms with van der Waals surface area (Å²) in [5.41, 5.74) is 5.10. The first kappa shape index (κ1) is 38.8. The van der Waals surface area contributed by atoms with Gasteiger partial charge in [-0.05, 0) is 88.3 Å². The second kappa shape index (κ2) is 17.8. The maximum absolute atomic E-state index is 14.3. The van der Waals surface area contributed by atoms with Crippen molar-refractivity contribution in [2.75, 3.05) is 20.4 Å². The minimum atomic E-state index is -1.20. The van der Waals surface area contributed by atoms with Crippen molar-refractivity contribution in [2.45, 2.75) is 96.9 Å². The molecular formula is C37H50N6O8. The molecule has 2 unspecified atom stereocenters. The van der Waals surface area contributed by atoms with Gasteiger partial charge in [-0.2, -0.15) is 10.1 Å². The van der Waals surface area contributed by atoms with Crippen LogP contribution in [0.3, 0.4) is 0 Å². The van der Waals surface area contributed by atoms with Crippen LogP contribution in [0.25, 0.3) is 0 Å². The lowest BCUT2D eigenvalue weighted by Crippen LogP contribution is -2.62. The van der Waals surface area contributed by atoms with Crippen LogP contribution >= 0.6 is 0 Å². The highest BCUT2D eigenvalue weighted by Gasteiger charge is 2.45. The Morgan fingerprint density at radius 3 is 2.39 bits per heavy atom. The van der Waals surface area contributed by atoms with Crippen LogP contribution in [-0.4, -0.2) is 86.8 Å². The van der Waals surface area contributed by atoms with Gasteiger partial charge in [-0.15, -0.1) is 0 Å². The molecule has 14 nitrogen and oxygen atoms in total. The van der Waals surface area contributed by atoms with Crippen LogP contribution in [0.1, 0.15) is 74.6 Å². The molecule has 4 rings (SSSR count). The van der Waals surface area contributed by atoms with Gasteiger partial charge >= 0.3 is 12.1 Å². The van der Waals surface area contributed by atoms with Crippen LogP contribution in [-0.2, 0) is 36.8 Å². The van der Waals surface area contributed by atoms with Crippen molar-refractivity contribution in [3.63, 3.8) is 0 Å². The van der Waals surface area contributed by atoms with Gasteiger partial charge in [0.05, 0.1) is 6.33 Å². The molecule has 3 atom stereocenters. The molecule has 51 heavy (non-hydrogen) atoms. The van der Waals surface area contributed by atoms with Crippen molar-refractivity contribution in [2.24, 2.45) is 0 Å². The molecule has 0 saturated carbocycles. The lowest BCUT2D eigenvalue weighted by atomic mass is 9.92. The Labute approximate surface area is 299 Å². The second-order valence-corrected chi connectivity index (χ2v) is 13.7. The van der Waals surface area contributed by atoms with Gasteiger partial charge in [0.2, 0.25) is 0 Å². The minimum absolute atomic E-state index is 0.0408. The highest BCUT2D eigenvalue weighted by Crippen LogP contribution is 2.35. The Morgan fingerprint density at radius 2 is 1.78 bits per heavy atom. The fraction of sp³-hybridized carbons (Fsp3) is 0.486. The molecule has 1 aliphatic heterocycles. The molecular weight excluding hydrogens is 656 g/mol. The van der Waals surface area contributed by atoms with Gasteiger partial charge in [0.15, 0.2) is 6.79 Å². The molecule has 0 aliphatic carbocycles. The van der Waals surface area contributed by atoms with E-state index in [1.54, 1.807) is 33.3 Å². The van der Waals surface area contributed by atoms with E-state index in [0.29, 0.717) is 31.6 Å². The predicted molar refractivity (Wildman–Crippen MR) is 188 cm³/mol. The summed E-state index contributed by atoms with van der Waals surface area (Å²) in [6.45, 7) is 9.79. The minimum Gasteiger partial charge on any atom is -0.480 e. The number of rotatable bonds is 15. The van der Waals surface area contributed by atoms with Crippen molar-refractivity contribution < 1.29 is 38.5 Å². The zero-order valence-electron chi connectivity index (χ0n) is 30.3. The van der Waals surface area contributed by atoms with Crippen LogP contribution in [0.15, 0.2) is 61.2 Å². The number of hydrogen-bond donors (Lipinski definition) is 3. The number of hydrazine groups is 2. The molecule has 1 aliphatic rings. The number of aryl methyl sites for hydroxylation is 3. The summed E-state index contributed by atoms with van der Waals surface area (Å²) >= 11 is 0. The average molecular weight is 707 g/mol. The Balaban J connectivity index is 1.63. The zero-order valence-corrected chi connectivity index (χ0v) is 30.3. The third-order valence-electron chi connectivity index (χ3n) is 8.61. The molecule has 276 valence electrons. The average Bonchev–Trinajstić information content (AvgIpc) is 3.76. The molecule has 3 aromatic rings. The number of carboxylic acid groups (broad SMARTS) is 1. The number of alkyl carbamates (subject to hydrolysis) is 1. The number of unbranched alkanes of at least 4 members (excludes halogenated alkanes) is 1. The maximum atomic E-state index is 14.3. The first-order valence-corrected chi connectivity index (χ1v) is 17.1. The van der Waals surface area contributed by atoms with E-state index in [-0.39, 0.29) is 26.2 Å². The van der Waals surface area contributed by atoms with Crippen molar-refractivity contribution in [3.05, 3.63) is 83.4 Å². The van der Waals surface area contributed by atoms with Crippen molar-refractivity contribution >= 4 is 23.9 Å². The Morgan fingerprint density at radius 1 is 1.08 bits per heavy atom. The molecule has 3 N–H and O–H groups in total. The van der Waals surface area contributed by atoms with Gasteiger partial charge in [-0.25, -0.2) is 15.2 Å². The predicted octanol–water partition coefficient (Wildman–Crippen LogP) is 4.51. The summed E-state index contributed by atoms with van der Waals surface area (Å²) in [6.07, 6.45) is 6.06. The van der Waals surface area contributed by atoms with Crippen LogP contribution in [0.2, 0.25) is 0 Å². The first-order chi connectivity index (χ1) is 24.3. The second-order valence-electron chi connectivity index (χ2n) is 13.7. The van der Waals surface area contributed by atoms with Gasteiger partial charge in [0.1, 0.15) is 23.4 Å². The molecule has 14 heteroatoms. The smallest absolute Gasteiger partial charge is 0.408 e. The fourth-order valence-electron chi connectivity index (χ4n) is 6.25. The molecule has 0 radical (unpaired) electrons. The number of nitrogens with one attached hydrogen (secondary N) is 2. The number of aromatic nitrogens is 2. The highest BCUT2D eigenvalue weighted by molar-refractivity contribution is 5.88. The first-order valence-electron chi connectivity index (χ1n) is 17.1. The molecule has 1 saturated heterocycles. The van der Waals surface area contributed by atoms with Crippen LogP contribution in [0.4, 0.5) is 4.79 Å². The number of amides is 3. The normalized spacial score (nSPS) is 16.7. The summed E-state index contributed by atoms with van der Waals surface area (Å²) < 4.78 is 18.0. The summed E-state index contributed by atoms with van der Waals surface area (Å²) in [5.74, 6) is -2.16. The Kier molecular flexibility index (Phi) is 13.6. The molecule has 2 aromatic carbocycles. The summed E-state index contributed by atoms with van der Waals surface area (Å²) in [7, 11) is 1.53. The van der Waals surface area contributed by atoms with Crippen molar-refractivity contribution in [1.29, 1.82) is 0 Å². The lowest BCUT2D eigenvalue weighted by Gasteiger charge is -2.36. The van der Waals surface area contributed by atoms with E-state index in [9.17, 15) is 24.3 Å². The fourth-order valence-corrected chi connectivity index (χ4v) is 6.25. The van der Waals surface area contributed by atoms with E-state index in [4.69, 9.17) is 14.2 Å². The van der Waals surface area contributed by atoms with Crippen molar-refractivity contribution in [1.82, 2.24) is 30.4 Å². The molecule has 1 aromatic heterocycles. The van der Waals surface area contributed by atoms with Gasteiger partial charge < -0.3 is 29.2 Å². The SMILES string of the molecule is COCOc1cc(C)c(C[C@@H](NC(=O)OC(C)(C)C)C(=O)NN(C(=O)CCCCn2ccnc2)N2CCC(c3ccccc3)C2C(=O)O)c(C)c1. The van der Waals surface area contributed by atoms with E-state index in [1.165, 1.54) is 12.1 Å². The number of benzene rings is 2. The third kappa shape index (κ3) is 11.0. The molecule has 2 heterocycles. The van der Waals surface area contributed by atoms with E-state index in [1.807, 2.05) is 67.1 Å². The van der Waals surface area contributed by atoms with Crippen LogP contribution in [0, 0.1) is 13.8 Å². The molecule has 1 fully saturated rings.